The second kappa shape index (κ2) is 4.58. The van der Waals surface area contributed by atoms with Gasteiger partial charge in [-0.05, 0) is 19.8 Å². The Balaban J connectivity index is 1.87. The number of ether oxygens (including phenoxy) is 2. The molecule has 4 atom stereocenters. The fourth-order valence-corrected chi connectivity index (χ4v) is 2.69. The molecule has 4 nitrogen and oxygen atoms in total. The lowest BCUT2D eigenvalue weighted by Crippen LogP contribution is -2.50. The van der Waals surface area contributed by atoms with Crippen LogP contribution in [0.25, 0.3) is 0 Å². The first-order valence-corrected chi connectivity index (χ1v) is 6.44. The van der Waals surface area contributed by atoms with Crippen molar-refractivity contribution >= 4 is 5.91 Å². The van der Waals surface area contributed by atoms with Gasteiger partial charge < -0.3 is 14.8 Å². The quantitative estimate of drug-likeness (QED) is 0.807. The number of carbonyl (C=O) groups excluding carboxylic acids is 1. The van der Waals surface area contributed by atoms with Crippen molar-refractivity contribution in [3.8, 4) is 0 Å². The summed E-state index contributed by atoms with van der Waals surface area (Å²) in [4.78, 5) is 12.2. The van der Waals surface area contributed by atoms with Gasteiger partial charge in [-0.3, -0.25) is 4.79 Å². The molecule has 0 aromatic heterocycles. The van der Waals surface area contributed by atoms with Crippen molar-refractivity contribution < 1.29 is 14.3 Å². The van der Waals surface area contributed by atoms with Gasteiger partial charge in [0.05, 0.1) is 31.3 Å². The summed E-state index contributed by atoms with van der Waals surface area (Å²) in [6.07, 6.45) is 0.189. The predicted molar refractivity (Wildman–Crippen MR) is 64.6 cm³/mol. The molecule has 1 N–H and O–H groups in total. The van der Waals surface area contributed by atoms with Gasteiger partial charge in [0, 0.05) is 12.0 Å². The Morgan fingerprint density at radius 2 is 1.94 bits per heavy atom. The largest absolute Gasteiger partial charge is 0.380 e. The van der Waals surface area contributed by atoms with Crippen molar-refractivity contribution in [2.75, 3.05) is 19.8 Å². The van der Waals surface area contributed by atoms with Crippen molar-refractivity contribution in [3.05, 3.63) is 0 Å². The minimum absolute atomic E-state index is 0.0189. The molecule has 2 aliphatic heterocycles. The minimum atomic E-state index is -0.0189. The van der Waals surface area contributed by atoms with E-state index in [9.17, 15) is 4.79 Å². The Hall–Kier alpha value is -0.610. The normalized spacial score (nSPS) is 39.8. The van der Waals surface area contributed by atoms with Gasteiger partial charge in [-0.25, -0.2) is 0 Å². The highest BCUT2D eigenvalue weighted by Gasteiger charge is 2.42. The number of amides is 1. The Bertz CT molecular complexity index is 301. The number of nitrogens with one attached hydrogen (secondary N) is 1. The van der Waals surface area contributed by atoms with Crippen LogP contribution < -0.4 is 5.32 Å². The zero-order chi connectivity index (χ0) is 12.6. The summed E-state index contributed by atoms with van der Waals surface area (Å²) in [5.74, 6) is 0.396. The van der Waals surface area contributed by atoms with Gasteiger partial charge in [-0.1, -0.05) is 13.8 Å². The number of hydrogen-bond acceptors (Lipinski definition) is 3. The third kappa shape index (κ3) is 2.47. The molecular formula is C13H23NO3. The van der Waals surface area contributed by atoms with E-state index >= 15 is 0 Å². The molecule has 0 aromatic carbocycles. The highest BCUT2D eigenvalue weighted by Crippen LogP contribution is 2.32. The summed E-state index contributed by atoms with van der Waals surface area (Å²) < 4.78 is 10.9. The molecule has 2 rings (SSSR count). The zero-order valence-corrected chi connectivity index (χ0v) is 11.2. The van der Waals surface area contributed by atoms with Crippen LogP contribution in [0.1, 0.15) is 27.7 Å². The van der Waals surface area contributed by atoms with E-state index < -0.39 is 0 Å². The lowest BCUT2D eigenvalue weighted by molar-refractivity contribution is -0.132. The topological polar surface area (TPSA) is 47.6 Å². The molecule has 0 aliphatic carbocycles. The summed E-state index contributed by atoms with van der Waals surface area (Å²) in [5, 5.41) is 3.05. The molecule has 4 unspecified atom stereocenters. The average molecular weight is 241 g/mol. The molecular weight excluding hydrogens is 218 g/mol. The van der Waals surface area contributed by atoms with Crippen molar-refractivity contribution in [3.63, 3.8) is 0 Å². The van der Waals surface area contributed by atoms with Crippen molar-refractivity contribution in [1.82, 2.24) is 5.32 Å². The van der Waals surface area contributed by atoms with Crippen LogP contribution in [0.5, 0.6) is 0 Å². The van der Waals surface area contributed by atoms with Crippen LogP contribution in [0.4, 0.5) is 0 Å². The van der Waals surface area contributed by atoms with E-state index in [-0.39, 0.29) is 35.4 Å². The molecule has 0 bridgehead atoms. The Morgan fingerprint density at radius 3 is 2.35 bits per heavy atom. The van der Waals surface area contributed by atoms with Gasteiger partial charge in [-0.2, -0.15) is 0 Å². The van der Waals surface area contributed by atoms with Crippen LogP contribution in [0.15, 0.2) is 0 Å². The summed E-state index contributed by atoms with van der Waals surface area (Å²) >= 11 is 0. The molecule has 2 heterocycles. The second-order valence-corrected chi connectivity index (χ2v) is 5.95. The molecule has 1 amide bonds. The Kier molecular flexibility index (Phi) is 3.46. The molecule has 2 saturated heterocycles. The van der Waals surface area contributed by atoms with Crippen LogP contribution in [-0.4, -0.2) is 37.9 Å². The highest BCUT2D eigenvalue weighted by molar-refractivity contribution is 5.80. The summed E-state index contributed by atoms with van der Waals surface area (Å²) in [6.45, 7) is 10.4. The summed E-state index contributed by atoms with van der Waals surface area (Å²) in [6, 6.07) is 0. The third-order valence-corrected chi connectivity index (χ3v) is 4.14. The second-order valence-electron chi connectivity index (χ2n) is 5.95. The van der Waals surface area contributed by atoms with Crippen LogP contribution in [0.2, 0.25) is 0 Å². The van der Waals surface area contributed by atoms with Gasteiger partial charge in [0.2, 0.25) is 5.91 Å². The van der Waals surface area contributed by atoms with Gasteiger partial charge in [0.1, 0.15) is 0 Å². The number of hydrogen-bond donors (Lipinski definition) is 1. The summed E-state index contributed by atoms with van der Waals surface area (Å²) in [7, 11) is 0. The maximum atomic E-state index is 12.2. The molecule has 2 aliphatic rings. The standard InChI is InChI=1S/C13H23NO3/c1-8-9(2)17-10(3)11(8)12(15)14-5-13(4)6-16-7-13/h8-11H,5-7H2,1-4H3,(H,14,15). The molecule has 0 aromatic rings. The van der Waals surface area contributed by atoms with Crippen LogP contribution in [0, 0.1) is 17.3 Å². The Morgan fingerprint density at radius 1 is 1.29 bits per heavy atom. The first-order valence-electron chi connectivity index (χ1n) is 6.44. The fourth-order valence-electron chi connectivity index (χ4n) is 2.69. The molecule has 17 heavy (non-hydrogen) atoms. The number of rotatable bonds is 3. The highest BCUT2D eigenvalue weighted by atomic mass is 16.5. The fraction of sp³-hybridized carbons (Fsp3) is 0.923. The lowest BCUT2D eigenvalue weighted by Gasteiger charge is -2.38. The SMILES string of the molecule is CC1OC(C)C(C(=O)NCC2(C)COC2)C1C. The van der Waals surface area contributed by atoms with Crippen molar-refractivity contribution in [2.45, 2.75) is 39.9 Å². The van der Waals surface area contributed by atoms with Crippen LogP contribution in [0.3, 0.4) is 0 Å². The van der Waals surface area contributed by atoms with Crippen LogP contribution in [-0.2, 0) is 14.3 Å². The van der Waals surface area contributed by atoms with Gasteiger partial charge >= 0.3 is 0 Å². The Labute approximate surface area is 103 Å². The van der Waals surface area contributed by atoms with Crippen molar-refractivity contribution in [2.24, 2.45) is 17.3 Å². The van der Waals surface area contributed by atoms with E-state index in [1.807, 2.05) is 13.8 Å². The van der Waals surface area contributed by atoms with E-state index in [1.165, 1.54) is 0 Å². The first-order chi connectivity index (χ1) is 7.93. The molecule has 0 radical (unpaired) electrons. The number of carbonyl (C=O) groups is 1. The van der Waals surface area contributed by atoms with Gasteiger partial charge in [-0.15, -0.1) is 0 Å². The van der Waals surface area contributed by atoms with Gasteiger partial charge in [0.15, 0.2) is 0 Å². The molecule has 0 spiro atoms. The predicted octanol–water partition coefficient (Wildman–Crippen LogP) is 1.20. The van der Waals surface area contributed by atoms with E-state index in [4.69, 9.17) is 9.47 Å². The van der Waals surface area contributed by atoms with Crippen LogP contribution >= 0.6 is 0 Å². The average Bonchev–Trinajstić information content (AvgIpc) is 2.47. The smallest absolute Gasteiger partial charge is 0.226 e. The monoisotopic (exact) mass is 241 g/mol. The summed E-state index contributed by atoms with van der Waals surface area (Å²) in [5.41, 5.74) is 0.132. The molecule has 98 valence electrons. The van der Waals surface area contributed by atoms with Crippen molar-refractivity contribution in [1.29, 1.82) is 0 Å². The first kappa shape index (κ1) is 12.8. The van der Waals surface area contributed by atoms with E-state index in [0.717, 1.165) is 13.2 Å². The van der Waals surface area contributed by atoms with E-state index in [1.54, 1.807) is 0 Å². The van der Waals surface area contributed by atoms with E-state index in [0.29, 0.717) is 6.54 Å². The molecule has 2 fully saturated rings. The molecule has 4 heteroatoms. The lowest BCUT2D eigenvalue weighted by atomic mass is 9.86. The zero-order valence-electron chi connectivity index (χ0n) is 11.2. The minimum Gasteiger partial charge on any atom is -0.380 e. The maximum absolute atomic E-state index is 12.2. The van der Waals surface area contributed by atoms with Gasteiger partial charge in [0.25, 0.3) is 0 Å². The van der Waals surface area contributed by atoms with E-state index in [2.05, 4.69) is 19.2 Å². The third-order valence-electron chi connectivity index (χ3n) is 4.14. The maximum Gasteiger partial charge on any atom is 0.226 e. The molecule has 0 saturated carbocycles.